The van der Waals surface area contributed by atoms with Crippen molar-refractivity contribution in [1.82, 2.24) is 5.32 Å². The van der Waals surface area contributed by atoms with E-state index in [9.17, 15) is 20.1 Å². The number of aliphatic hydroxyl groups is 3. The average Bonchev–Trinajstić information content (AvgIpc) is 3.20. The van der Waals surface area contributed by atoms with Crippen LogP contribution < -0.4 is 5.32 Å². The number of carbonyl (C=O) groups is 1. The van der Waals surface area contributed by atoms with Gasteiger partial charge in [-0.05, 0) is 38.5 Å². The Hall–Kier alpha value is -0.910. The fraction of sp³-hybridized carbons (Fsp3) is 0.942. The summed E-state index contributed by atoms with van der Waals surface area (Å²) in [7, 11) is 0. The number of allylic oxidation sites excluding steroid dienone is 2. The summed E-state index contributed by atoms with van der Waals surface area (Å²) in [6, 6.07) is -0.657. The Morgan fingerprint density at radius 1 is 0.421 bits per heavy atom. The second-order valence-corrected chi connectivity index (χ2v) is 18.1. The molecule has 0 saturated heterocycles. The van der Waals surface area contributed by atoms with E-state index in [0.29, 0.717) is 12.8 Å². The van der Waals surface area contributed by atoms with Crippen molar-refractivity contribution in [3.8, 4) is 0 Å². The van der Waals surface area contributed by atoms with Crippen LogP contribution in [0, 0.1) is 0 Å². The van der Waals surface area contributed by atoms with Crippen molar-refractivity contribution in [2.75, 3.05) is 6.61 Å². The Morgan fingerprint density at radius 2 is 0.702 bits per heavy atom. The van der Waals surface area contributed by atoms with Crippen molar-refractivity contribution < 1.29 is 20.1 Å². The first-order valence-corrected chi connectivity index (χ1v) is 26.0. The van der Waals surface area contributed by atoms with E-state index < -0.39 is 18.2 Å². The van der Waals surface area contributed by atoms with Gasteiger partial charge in [-0.15, -0.1) is 0 Å². The predicted molar refractivity (Wildman–Crippen MR) is 250 cm³/mol. The van der Waals surface area contributed by atoms with Crippen molar-refractivity contribution >= 4 is 5.91 Å². The maximum absolute atomic E-state index is 12.5. The van der Waals surface area contributed by atoms with E-state index in [1.54, 1.807) is 0 Å². The normalized spacial score (nSPS) is 13.4. The van der Waals surface area contributed by atoms with Gasteiger partial charge in [-0.25, -0.2) is 0 Å². The lowest BCUT2D eigenvalue weighted by Crippen LogP contribution is -2.46. The summed E-state index contributed by atoms with van der Waals surface area (Å²) in [6.07, 6.45) is 57.7. The Kier molecular flexibility index (Phi) is 47.0. The average molecular weight is 806 g/mol. The summed E-state index contributed by atoms with van der Waals surface area (Å²) in [6.45, 7) is 4.29. The minimum Gasteiger partial charge on any atom is -0.394 e. The number of rotatable bonds is 48. The number of hydrogen-bond donors (Lipinski definition) is 4. The van der Waals surface area contributed by atoms with Gasteiger partial charge in [-0.1, -0.05) is 257 Å². The van der Waals surface area contributed by atoms with E-state index in [-0.39, 0.29) is 18.9 Å². The van der Waals surface area contributed by atoms with Gasteiger partial charge in [0.25, 0.3) is 0 Å². The molecule has 0 heterocycles. The quantitative estimate of drug-likeness (QED) is 0.0364. The molecule has 0 bridgehead atoms. The second kappa shape index (κ2) is 47.8. The lowest BCUT2D eigenvalue weighted by Gasteiger charge is -2.23. The first-order valence-electron chi connectivity index (χ1n) is 26.0. The maximum atomic E-state index is 12.5. The van der Waals surface area contributed by atoms with Gasteiger partial charge in [0.2, 0.25) is 5.91 Å². The van der Waals surface area contributed by atoms with E-state index in [1.807, 2.05) is 0 Å². The first kappa shape index (κ1) is 56.1. The molecule has 0 aliphatic rings. The van der Waals surface area contributed by atoms with Gasteiger partial charge in [0, 0.05) is 0 Å². The van der Waals surface area contributed by atoms with Crippen LogP contribution in [0.4, 0.5) is 0 Å². The highest BCUT2D eigenvalue weighted by molar-refractivity contribution is 5.76. The largest absolute Gasteiger partial charge is 0.394 e. The lowest BCUT2D eigenvalue weighted by atomic mass is 10.0. The van der Waals surface area contributed by atoms with Gasteiger partial charge in [-0.2, -0.15) is 0 Å². The molecule has 0 saturated carbocycles. The SMILES string of the molecule is CCCCCCCCCCCCCC/C=C\CCCCCCCCCC(O)CC(=O)NC(CO)C(O)CCCCCCCCCCCCCCCCCCCCC. The van der Waals surface area contributed by atoms with Gasteiger partial charge in [0.1, 0.15) is 0 Å². The summed E-state index contributed by atoms with van der Waals surface area (Å²) in [5, 5.41) is 33.6. The molecule has 0 radical (unpaired) electrons. The molecule has 0 aliphatic carbocycles. The number of unbranched alkanes of at least 4 members (excludes halogenated alkanes) is 37. The molecule has 1 amide bonds. The smallest absolute Gasteiger partial charge is 0.222 e. The molecule has 0 aliphatic heterocycles. The third kappa shape index (κ3) is 44.5. The van der Waals surface area contributed by atoms with Crippen molar-refractivity contribution in [2.24, 2.45) is 0 Å². The third-order valence-electron chi connectivity index (χ3n) is 12.3. The van der Waals surface area contributed by atoms with Gasteiger partial charge in [0.15, 0.2) is 0 Å². The molecule has 0 aromatic heterocycles. The maximum Gasteiger partial charge on any atom is 0.222 e. The number of carbonyl (C=O) groups excluding carboxylic acids is 1. The standard InChI is InChI=1S/C52H103NO4/c1-3-5-7-9-11-13-15-17-19-21-23-24-25-26-28-29-31-33-35-37-39-41-43-45-49(55)47-52(57)53-50(48-54)51(56)46-44-42-40-38-36-34-32-30-27-22-20-18-16-14-12-10-8-6-4-2/h26,28,49-51,54-56H,3-25,27,29-48H2,1-2H3,(H,53,57)/b28-26-. The summed E-state index contributed by atoms with van der Waals surface area (Å²) in [5.74, 6) is -0.281. The fourth-order valence-corrected chi connectivity index (χ4v) is 8.34. The minimum absolute atomic E-state index is 0.0370. The van der Waals surface area contributed by atoms with Crippen molar-refractivity contribution in [1.29, 1.82) is 0 Å². The van der Waals surface area contributed by atoms with E-state index >= 15 is 0 Å². The fourth-order valence-electron chi connectivity index (χ4n) is 8.34. The monoisotopic (exact) mass is 806 g/mol. The lowest BCUT2D eigenvalue weighted by molar-refractivity contribution is -0.125. The topological polar surface area (TPSA) is 89.8 Å². The molecule has 0 spiro atoms. The summed E-state index contributed by atoms with van der Waals surface area (Å²) in [5.41, 5.74) is 0. The van der Waals surface area contributed by atoms with Gasteiger partial charge in [0.05, 0.1) is 31.3 Å². The van der Waals surface area contributed by atoms with Gasteiger partial charge in [-0.3, -0.25) is 4.79 Å². The molecule has 0 rings (SSSR count). The molecule has 0 aromatic rings. The third-order valence-corrected chi connectivity index (χ3v) is 12.3. The zero-order valence-electron chi connectivity index (χ0n) is 38.7. The predicted octanol–water partition coefficient (Wildman–Crippen LogP) is 15.6. The first-order chi connectivity index (χ1) is 28.0. The van der Waals surface area contributed by atoms with Gasteiger partial charge < -0.3 is 20.6 Å². The molecule has 0 fully saturated rings. The number of hydrogen-bond acceptors (Lipinski definition) is 4. The van der Waals surface area contributed by atoms with E-state index in [1.165, 1.54) is 231 Å². The highest BCUT2D eigenvalue weighted by Crippen LogP contribution is 2.17. The van der Waals surface area contributed by atoms with Crippen LogP contribution in [0.15, 0.2) is 12.2 Å². The van der Waals surface area contributed by atoms with Crippen molar-refractivity contribution in [3.05, 3.63) is 12.2 Å². The number of nitrogens with one attached hydrogen (secondary N) is 1. The van der Waals surface area contributed by atoms with Gasteiger partial charge >= 0.3 is 0 Å². The van der Waals surface area contributed by atoms with E-state index in [4.69, 9.17) is 0 Å². The highest BCUT2D eigenvalue weighted by atomic mass is 16.3. The van der Waals surface area contributed by atoms with Crippen molar-refractivity contribution in [2.45, 2.75) is 308 Å². The van der Waals surface area contributed by atoms with Crippen LogP contribution in [0.25, 0.3) is 0 Å². The highest BCUT2D eigenvalue weighted by Gasteiger charge is 2.21. The minimum atomic E-state index is -0.748. The Bertz CT molecular complexity index is 803. The van der Waals surface area contributed by atoms with Crippen LogP contribution >= 0.6 is 0 Å². The molecule has 3 unspecified atom stereocenters. The van der Waals surface area contributed by atoms with E-state index in [2.05, 4.69) is 31.3 Å². The molecule has 57 heavy (non-hydrogen) atoms. The zero-order valence-corrected chi connectivity index (χ0v) is 38.7. The molecule has 5 heteroatoms. The molecule has 340 valence electrons. The summed E-state index contributed by atoms with van der Waals surface area (Å²) < 4.78 is 0. The molecule has 0 aromatic carbocycles. The van der Waals surface area contributed by atoms with Crippen LogP contribution in [0.1, 0.15) is 290 Å². The summed E-state index contributed by atoms with van der Waals surface area (Å²) in [4.78, 5) is 12.5. The van der Waals surface area contributed by atoms with Crippen molar-refractivity contribution in [3.63, 3.8) is 0 Å². The Balaban J connectivity index is 3.55. The molecule has 3 atom stereocenters. The van der Waals surface area contributed by atoms with Crippen LogP contribution in [0.5, 0.6) is 0 Å². The molecule has 4 N–H and O–H groups in total. The Morgan fingerprint density at radius 3 is 1.02 bits per heavy atom. The van der Waals surface area contributed by atoms with Crippen LogP contribution in [0.2, 0.25) is 0 Å². The zero-order chi connectivity index (χ0) is 41.5. The van der Waals surface area contributed by atoms with E-state index in [0.717, 1.165) is 25.7 Å². The molecule has 5 nitrogen and oxygen atoms in total. The van der Waals surface area contributed by atoms with Crippen LogP contribution in [0.3, 0.4) is 0 Å². The Labute approximate surface area is 357 Å². The second-order valence-electron chi connectivity index (χ2n) is 18.1. The number of amides is 1. The van der Waals surface area contributed by atoms with Crippen LogP contribution in [-0.4, -0.2) is 46.1 Å². The summed E-state index contributed by atoms with van der Waals surface area (Å²) >= 11 is 0. The molecular weight excluding hydrogens is 703 g/mol. The van der Waals surface area contributed by atoms with Crippen LogP contribution in [-0.2, 0) is 4.79 Å². The number of aliphatic hydroxyl groups excluding tert-OH is 3. The molecular formula is C52H103NO4.